The average Bonchev–Trinajstić information content (AvgIpc) is 3.69. The molecule has 0 radical (unpaired) electrons. The molecule has 294 valence electrons. The van der Waals surface area contributed by atoms with Crippen LogP contribution in [0.1, 0.15) is 0 Å². The van der Waals surface area contributed by atoms with E-state index in [2.05, 4.69) is 193 Å². The second kappa shape index (κ2) is 15.2. The lowest BCUT2D eigenvalue weighted by Crippen LogP contribution is -2.00. The van der Waals surface area contributed by atoms with Crippen LogP contribution in [0.3, 0.4) is 0 Å². The number of hydrogen-bond acceptors (Lipinski definition) is 4. The first kappa shape index (κ1) is 36.3. The summed E-state index contributed by atoms with van der Waals surface area (Å²) in [7, 11) is 0. The van der Waals surface area contributed by atoms with Gasteiger partial charge in [0.1, 0.15) is 0 Å². The Balaban J connectivity index is 0.996. The van der Waals surface area contributed by atoms with Gasteiger partial charge in [-0.25, -0.2) is 19.9 Å². The van der Waals surface area contributed by atoms with Gasteiger partial charge in [0.2, 0.25) is 0 Å². The highest BCUT2D eigenvalue weighted by Gasteiger charge is 2.19. The van der Waals surface area contributed by atoms with E-state index in [1.165, 1.54) is 16.2 Å². The van der Waals surface area contributed by atoms with Crippen molar-refractivity contribution in [3.63, 3.8) is 0 Å². The smallest absolute Gasteiger partial charge is 0.164 e. The predicted octanol–water partition coefficient (Wildman–Crippen LogP) is 14.7. The van der Waals surface area contributed by atoms with Gasteiger partial charge in [-0.3, -0.25) is 0 Å². The molecule has 0 aliphatic rings. The minimum Gasteiger partial charge on any atom is -0.309 e. The summed E-state index contributed by atoms with van der Waals surface area (Å²) in [5.41, 5.74) is 13.8. The Kier molecular flexibility index (Phi) is 8.75. The number of fused-ring (bicyclic) bond motifs is 6. The molecule has 3 aromatic heterocycles. The van der Waals surface area contributed by atoms with Crippen LogP contribution in [0.25, 0.3) is 117 Å². The SMILES string of the molecule is c1ccc(-c2cccc(-c3nc(-c4ccccc4)nc(-c4ccc(-c5ccc6c(c5)c5cc7c(cc5n6-c5ccccc5)c(-c5ccccc5)nc5ccccc57)cc4)n3)c2)cc1. The number of aromatic nitrogens is 5. The first-order valence-corrected chi connectivity index (χ1v) is 21.2. The van der Waals surface area contributed by atoms with Crippen molar-refractivity contribution in [3.05, 3.63) is 224 Å². The van der Waals surface area contributed by atoms with Crippen LogP contribution in [0.5, 0.6) is 0 Å². The standard InChI is InChI=1S/C58H37N5/c1-5-16-38(17-6-1)43-22-15-23-45(34-43)58-61-56(41-20-9-3-10-21-41)60-57(62-58)42-30-28-39(29-31-42)44-32-33-53-49(35-44)50-36-48-47-26-13-14-27-52(47)59-55(40-18-7-2-8-19-40)51(48)37-54(50)63(53)46-24-11-4-12-25-46/h1-37H. The molecule has 9 aromatic carbocycles. The summed E-state index contributed by atoms with van der Waals surface area (Å²) in [6.45, 7) is 0. The van der Waals surface area contributed by atoms with Crippen molar-refractivity contribution in [1.29, 1.82) is 0 Å². The summed E-state index contributed by atoms with van der Waals surface area (Å²) in [5, 5.41) is 5.84. The molecule has 0 fully saturated rings. The fourth-order valence-electron chi connectivity index (χ4n) is 8.95. The summed E-state index contributed by atoms with van der Waals surface area (Å²) >= 11 is 0. The van der Waals surface area contributed by atoms with E-state index in [4.69, 9.17) is 19.9 Å². The maximum Gasteiger partial charge on any atom is 0.164 e. The summed E-state index contributed by atoms with van der Waals surface area (Å²) in [5.74, 6) is 1.89. The molecular formula is C58H37N5. The minimum absolute atomic E-state index is 0.625. The number of para-hydroxylation sites is 2. The second-order valence-corrected chi connectivity index (χ2v) is 15.9. The third-order valence-electron chi connectivity index (χ3n) is 12.0. The van der Waals surface area contributed by atoms with Gasteiger partial charge in [0, 0.05) is 49.5 Å². The van der Waals surface area contributed by atoms with Crippen LogP contribution in [-0.2, 0) is 0 Å². The third-order valence-corrected chi connectivity index (χ3v) is 12.0. The number of benzene rings is 9. The van der Waals surface area contributed by atoms with Crippen LogP contribution >= 0.6 is 0 Å². The van der Waals surface area contributed by atoms with E-state index in [9.17, 15) is 0 Å². The maximum atomic E-state index is 5.25. The van der Waals surface area contributed by atoms with Crippen molar-refractivity contribution in [2.75, 3.05) is 0 Å². The molecule has 63 heavy (non-hydrogen) atoms. The van der Waals surface area contributed by atoms with E-state index in [1.807, 2.05) is 36.4 Å². The molecule has 12 rings (SSSR count). The molecule has 0 atom stereocenters. The van der Waals surface area contributed by atoms with E-state index in [0.29, 0.717) is 17.5 Å². The van der Waals surface area contributed by atoms with Crippen LogP contribution in [-0.4, -0.2) is 24.5 Å². The van der Waals surface area contributed by atoms with Crippen molar-refractivity contribution in [2.24, 2.45) is 0 Å². The van der Waals surface area contributed by atoms with Gasteiger partial charge in [-0.05, 0) is 76.2 Å². The second-order valence-electron chi connectivity index (χ2n) is 15.9. The van der Waals surface area contributed by atoms with Gasteiger partial charge in [0.15, 0.2) is 17.5 Å². The van der Waals surface area contributed by atoms with E-state index >= 15 is 0 Å². The zero-order valence-corrected chi connectivity index (χ0v) is 34.1. The molecule has 0 N–H and O–H groups in total. The minimum atomic E-state index is 0.625. The largest absolute Gasteiger partial charge is 0.309 e. The molecular weight excluding hydrogens is 767 g/mol. The molecule has 0 amide bonds. The van der Waals surface area contributed by atoms with Gasteiger partial charge in [0.25, 0.3) is 0 Å². The number of pyridine rings is 1. The summed E-state index contributed by atoms with van der Waals surface area (Å²) in [6, 6.07) is 78.8. The highest BCUT2D eigenvalue weighted by atomic mass is 15.0. The molecule has 5 heteroatoms. The van der Waals surface area contributed by atoms with Crippen molar-refractivity contribution >= 4 is 43.5 Å². The zero-order chi connectivity index (χ0) is 41.7. The molecule has 0 unspecified atom stereocenters. The van der Waals surface area contributed by atoms with Crippen LogP contribution in [0.15, 0.2) is 224 Å². The number of rotatable bonds is 7. The van der Waals surface area contributed by atoms with E-state index in [1.54, 1.807) is 0 Å². The van der Waals surface area contributed by atoms with Gasteiger partial charge in [-0.1, -0.05) is 176 Å². The average molecular weight is 804 g/mol. The maximum absolute atomic E-state index is 5.25. The number of nitrogens with zero attached hydrogens (tertiary/aromatic N) is 5. The quantitative estimate of drug-likeness (QED) is 0.151. The zero-order valence-electron chi connectivity index (χ0n) is 34.1. The lowest BCUT2D eigenvalue weighted by atomic mass is 9.97. The Morgan fingerprint density at radius 1 is 0.254 bits per heavy atom. The third kappa shape index (κ3) is 6.51. The van der Waals surface area contributed by atoms with Crippen LogP contribution in [0, 0.1) is 0 Å². The Morgan fingerprint density at radius 2 is 0.746 bits per heavy atom. The summed E-state index contributed by atoms with van der Waals surface area (Å²) in [4.78, 5) is 20.4. The lowest BCUT2D eigenvalue weighted by Gasteiger charge is -2.12. The molecule has 3 heterocycles. The van der Waals surface area contributed by atoms with E-state index in [0.717, 1.165) is 83.2 Å². The summed E-state index contributed by atoms with van der Waals surface area (Å²) < 4.78 is 2.39. The van der Waals surface area contributed by atoms with Crippen molar-refractivity contribution in [3.8, 4) is 73.4 Å². The van der Waals surface area contributed by atoms with Crippen molar-refractivity contribution in [1.82, 2.24) is 24.5 Å². The Bertz CT molecular complexity index is 3640. The summed E-state index contributed by atoms with van der Waals surface area (Å²) in [6.07, 6.45) is 0. The van der Waals surface area contributed by atoms with E-state index in [-0.39, 0.29) is 0 Å². The fourth-order valence-corrected chi connectivity index (χ4v) is 8.95. The molecule has 0 bridgehead atoms. The van der Waals surface area contributed by atoms with Gasteiger partial charge in [-0.2, -0.15) is 0 Å². The van der Waals surface area contributed by atoms with Crippen LogP contribution in [0.4, 0.5) is 0 Å². The first-order chi connectivity index (χ1) is 31.2. The Morgan fingerprint density at radius 3 is 1.46 bits per heavy atom. The molecule has 0 aliphatic carbocycles. The van der Waals surface area contributed by atoms with Gasteiger partial charge < -0.3 is 4.57 Å². The Hall–Kier alpha value is -8.54. The van der Waals surface area contributed by atoms with Crippen molar-refractivity contribution < 1.29 is 0 Å². The Labute approximate surface area is 364 Å². The fraction of sp³-hybridized carbons (Fsp3) is 0. The van der Waals surface area contributed by atoms with Crippen LogP contribution in [0.2, 0.25) is 0 Å². The first-order valence-electron chi connectivity index (χ1n) is 21.2. The topological polar surface area (TPSA) is 56.5 Å². The number of hydrogen-bond donors (Lipinski definition) is 0. The normalized spacial score (nSPS) is 11.5. The molecule has 0 spiro atoms. The van der Waals surface area contributed by atoms with E-state index < -0.39 is 0 Å². The highest BCUT2D eigenvalue weighted by Crippen LogP contribution is 2.41. The lowest BCUT2D eigenvalue weighted by molar-refractivity contribution is 1.07. The van der Waals surface area contributed by atoms with Crippen molar-refractivity contribution in [2.45, 2.75) is 0 Å². The monoisotopic (exact) mass is 803 g/mol. The van der Waals surface area contributed by atoms with Gasteiger partial charge in [0.05, 0.1) is 22.2 Å². The molecule has 0 aliphatic heterocycles. The molecule has 0 saturated heterocycles. The predicted molar refractivity (Wildman–Crippen MR) is 260 cm³/mol. The van der Waals surface area contributed by atoms with Gasteiger partial charge in [-0.15, -0.1) is 0 Å². The molecule has 0 saturated carbocycles. The molecule has 12 aromatic rings. The molecule has 5 nitrogen and oxygen atoms in total. The highest BCUT2D eigenvalue weighted by molar-refractivity contribution is 6.20. The van der Waals surface area contributed by atoms with Crippen LogP contribution < -0.4 is 0 Å². The van der Waals surface area contributed by atoms with Gasteiger partial charge >= 0.3 is 0 Å².